The molecule has 0 aliphatic heterocycles. The number of carboxylic acids is 1. The van der Waals surface area contributed by atoms with Gasteiger partial charge >= 0.3 is 5.97 Å². The Kier molecular flexibility index (Phi) is 7.34. The number of hydrogen-bond acceptors (Lipinski definition) is 3. The van der Waals surface area contributed by atoms with E-state index in [-0.39, 0.29) is 12.5 Å². The van der Waals surface area contributed by atoms with Crippen molar-refractivity contribution in [3.63, 3.8) is 0 Å². The molecule has 0 aliphatic rings. The molecule has 0 heterocycles. The highest BCUT2D eigenvalue weighted by atomic mass is 16.5. The number of rotatable bonds is 8. The topological polar surface area (TPSA) is 49.8 Å². The van der Waals surface area contributed by atoms with E-state index >= 15 is 0 Å². The van der Waals surface area contributed by atoms with Crippen LogP contribution in [-0.4, -0.2) is 47.8 Å². The van der Waals surface area contributed by atoms with Gasteiger partial charge in [-0.3, -0.25) is 9.69 Å². The van der Waals surface area contributed by atoms with Crippen molar-refractivity contribution in [3.05, 3.63) is 0 Å². The Morgan fingerprint density at radius 3 is 2.40 bits per heavy atom. The van der Waals surface area contributed by atoms with Crippen LogP contribution in [0.2, 0.25) is 0 Å². The van der Waals surface area contributed by atoms with E-state index in [1.54, 1.807) is 0 Å². The van der Waals surface area contributed by atoms with E-state index in [1.165, 1.54) is 0 Å². The second-order valence-electron chi connectivity index (χ2n) is 3.98. The van der Waals surface area contributed by atoms with Crippen molar-refractivity contribution in [2.24, 2.45) is 0 Å². The van der Waals surface area contributed by atoms with Gasteiger partial charge in [-0.15, -0.1) is 0 Å². The number of carbonyl (C=O) groups is 1. The van der Waals surface area contributed by atoms with Crippen LogP contribution in [0.15, 0.2) is 0 Å². The van der Waals surface area contributed by atoms with Crippen LogP contribution in [0, 0.1) is 0 Å². The maximum absolute atomic E-state index is 10.5. The van der Waals surface area contributed by atoms with Gasteiger partial charge in [0.25, 0.3) is 0 Å². The Morgan fingerprint density at radius 2 is 2.00 bits per heavy atom. The van der Waals surface area contributed by atoms with Crippen LogP contribution in [0.1, 0.15) is 34.1 Å². The van der Waals surface area contributed by atoms with Crippen LogP contribution < -0.4 is 0 Å². The van der Waals surface area contributed by atoms with Gasteiger partial charge in [0.15, 0.2) is 0 Å². The Bertz CT molecular complexity index is 183. The van der Waals surface area contributed by atoms with Gasteiger partial charge < -0.3 is 9.84 Å². The largest absolute Gasteiger partial charge is 0.481 e. The smallest absolute Gasteiger partial charge is 0.304 e. The summed E-state index contributed by atoms with van der Waals surface area (Å²) in [5.74, 6) is -0.746. The zero-order valence-corrected chi connectivity index (χ0v) is 10.2. The Labute approximate surface area is 92.2 Å². The van der Waals surface area contributed by atoms with E-state index < -0.39 is 5.97 Å². The Morgan fingerprint density at radius 1 is 1.40 bits per heavy atom. The molecule has 0 bridgehead atoms. The molecule has 15 heavy (non-hydrogen) atoms. The lowest BCUT2D eigenvalue weighted by atomic mass is 10.2. The van der Waals surface area contributed by atoms with Gasteiger partial charge in [0.2, 0.25) is 0 Å². The molecule has 4 nitrogen and oxygen atoms in total. The number of carboxylic acid groups (broad SMARTS) is 1. The van der Waals surface area contributed by atoms with Crippen LogP contribution in [0.25, 0.3) is 0 Å². The monoisotopic (exact) mass is 217 g/mol. The first kappa shape index (κ1) is 14.4. The molecule has 90 valence electrons. The van der Waals surface area contributed by atoms with Crippen molar-refractivity contribution in [3.8, 4) is 0 Å². The standard InChI is InChI=1S/C11H23NO3/c1-5-15-8-10(4)12(9(2)3)7-6-11(13)14/h9-10H,5-8H2,1-4H3,(H,13,14). The van der Waals surface area contributed by atoms with Crippen molar-refractivity contribution in [2.75, 3.05) is 19.8 Å². The van der Waals surface area contributed by atoms with Gasteiger partial charge in [-0.05, 0) is 27.7 Å². The van der Waals surface area contributed by atoms with Crippen LogP contribution in [0.4, 0.5) is 0 Å². The lowest BCUT2D eigenvalue weighted by Gasteiger charge is -2.32. The molecule has 1 N–H and O–H groups in total. The molecule has 0 spiro atoms. The van der Waals surface area contributed by atoms with E-state index in [0.717, 1.165) is 0 Å². The summed E-state index contributed by atoms with van der Waals surface area (Å²) in [6.07, 6.45) is 0.189. The van der Waals surface area contributed by atoms with Crippen molar-refractivity contribution >= 4 is 5.97 Å². The van der Waals surface area contributed by atoms with E-state index in [0.29, 0.717) is 25.8 Å². The predicted octanol–water partition coefficient (Wildman–Crippen LogP) is 1.60. The summed E-state index contributed by atoms with van der Waals surface area (Å²) in [4.78, 5) is 12.7. The molecule has 0 rings (SSSR count). The van der Waals surface area contributed by atoms with Gasteiger partial charge in [-0.25, -0.2) is 0 Å². The first-order chi connectivity index (χ1) is 6.99. The maximum atomic E-state index is 10.5. The molecule has 1 unspecified atom stereocenters. The first-order valence-corrected chi connectivity index (χ1v) is 5.54. The second kappa shape index (κ2) is 7.65. The van der Waals surface area contributed by atoms with Crippen LogP contribution in [-0.2, 0) is 9.53 Å². The molecule has 0 saturated carbocycles. The minimum atomic E-state index is -0.746. The molecule has 4 heteroatoms. The van der Waals surface area contributed by atoms with Gasteiger partial charge in [-0.2, -0.15) is 0 Å². The molecule has 0 aromatic carbocycles. The Balaban J connectivity index is 4.06. The zero-order valence-electron chi connectivity index (χ0n) is 10.2. The molecular formula is C11H23NO3. The lowest BCUT2D eigenvalue weighted by Crippen LogP contribution is -2.42. The fourth-order valence-electron chi connectivity index (χ4n) is 1.60. The van der Waals surface area contributed by atoms with Crippen molar-refractivity contribution < 1.29 is 14.6 Å². The fourth-order valence-corrected chi connectivity index (χ4v) is 1.60. The highest BCUT2D eigenvalue weighted by molar-refractivity contribution is 5.66. The fraction of sp³-hybridized carbons (Fsp3) is 0.909. The molecule has 1 atom stereocenters. The second-order valence-corrected chi connectivity index (χ2v) is 3.98. The highest BCUT2D eigenvalue weighted by Crippen LogP contribution is 2.07. The first-order valence-electron chi connectivity index (χ1n) is 5.54. The third-order valence-electron chi connectivity index (χ3n) is 2.38. The summed E-state index contributed by atoms with van der Waals surface area (Å²) in [6.45, 7) is 10.1. The summed E-state index contributed by atoms with van der Waals surface area (Å²) >= 11 is 0. The average Bonchev–Trinajstić information content (AvgIpc) is 2.13. The molecular weight excluding hydrogens is 194 g/mol. The van der Waals surface area contributed by atoms with Gasteiger partial charge in [0, 0.05) is 25.2 Å². The third-order valence-corrected chi connectivity index (χ3v) is 2.38. The van der Waals surface area contributed by atoms with Gasteiger partial charge in [0.1, 0.15) is 0 Å². The summed E-state index contributed by atoms with van der Waals surface area (Å²) in [5, 5.41) is 8.64. The number of ether oxygens (including phenoxy) is 1. The number of hydrogen-bond donors (Lipinski definition) is 1. The van der Waals surface area contributed by atoms with Crippen molar-refractivity contribution in [1.29, 1.82) is 0 Å². The SMILES string of the molecule is CCOCC(C)N(CCC(=O)O)C(C)C. The van der Waals surface area contributed by atoms with E-state index in [9.17, 15) is 4.79 Å². The van der Waals surface area contributed by atoms with Gasteiger partial charge in [0.05, 0.1) is 13.0 Å². The average molecular weight is 217 g/mol. The normalized spacial score (nSPS) is 13.5. The third kappa shape index (κ3) is 6.47. The van der Waals surface area contributed by atoms with E-state index in [2.05, 4.69) is 25.7 Å². The zero-order chi connectivity index (χ0) is 11.8. The maximum Gasteiger partial charge on any atom is 0.304 e. The van der Waals surface area contributed by atoms with Crippen LogP contribution >= 0.6 is 0 Å². The number of aliphatic carboxylic acids is 1. The van der Waals surface area contributed by atoms with Crippen LogP contribution in [0.3, 0.4) is 0 Å². The summed E-state index contributed by atoms with van der Waals surface area (Å²) in [6, 6.07) is 0.615. The number of nitrogens with zero attached hydrogens (tertiary/aromatic N) is 1. The molecule has 0 aromatic heterocycles. The lowest BCUT2D eigenvalue weighted by molar-refractivity contribution is -0.137. The van der Waals surface area contributed by atoms with Crippen molar-refractivity contribution in [2.45, 2.75) is 46.2 Å². The summed E-state index contributed by atoms with van der Waals surface area (Å²) in [5.41, 5.74) is 0. The molecule has 0 aromatic rings. The molecule has 0 amide bonds. The summed E-state index contributed by atoms with van der Waals surface area (Å²) in [7, 11) is 0. The molecule has 0 saturated heterocycles. The quantitative estimate of drug-likeness (QED) is 0.671. The Hall–Kier alpha value is -0.610. The predicted molar refractivity (Wildman–Crippen MR) is 60.0 cm³/mol. The van der Waals surface area contributed by atoms with Crippen LogP contribution in [0.5, 0.6) is 0 Å². The minimum absolute atomic E-state index is 0.189. The van der Waals surface area contributed by atoms with E-state index in [4.69, 9.17) is 9.84 Å². The summed E-state index contributed by atoms with van der Waals surface area (Å²) < 4.78 is 5.34. The molecule has 0 aliphatic carbocycles. The van der Waals surface area contributed by atoms with Crippen molar-refractivity contribution in [1.82, 2.24) is 4.90 Å². The molecule has 0 fully saturated rings. The minimum Gasteiger partial charge on any atom is -0.481 e. The van der Waals surface area contributed by atoms with E-state index in [1.807, 2.05) is 6.92 Å². The van der Waals surface area contributed by atoms with Gasteiger partial charge in [-0.1, -0.05) is 0 Å². The highest BCUT2D eigenvalue weighted by Gasteiger charge is 2.17. The molecule has 0 radical (unpaired) electrons.